The van der Waals surface area contributed by atoms with Gasteiger partial charge in [0.15, 0.2) is 0 Å². The Bertz CT molecular complexity index is 1290. The summed E-state index contributed by atoms with van der Waals surface area (Å²) in [5.41, 5.74) is 6.38. The van der Waals surface area contributed by atoms with Crippen LogP contribution in [0.1, 0.15) is 61.1 Å². The minimum atomic E-state index is -0.243. The minimum absolute atomic E-state index is 0.00318. The Hall–Kier alpha value is -3.41. The molecule has 1 N–H and O–H groups in total. The fourth-order valence-electron chi connectivity index (χ4n) is 6.09. The first-order chi connectivity index (χ1) is 17.3. The molecule has 2 aromatic carbocycles. The van der Waals surface area contributed by atoms with Crippen molar-refractivity contribution in [2.24, 2.45) is 11.3 Å². The van der Waals surface area contributed by atoms with E-state index in [4.69, 9.17) is 0 Å². The Morgan fingerprint density at radius 3 is 2.69 bits per heavy atom. The van der Waals surface area contributed by atoms with Gasteiger partial charge < -0.3 is 10.2 Å². The van der Waals surface area contributed by atoms with Crippen LogP contribution in [0.3, 0.4) is 0 Å². The van der Waals surface area contributed by atoms with Gasteiger partial charge in [-0.3, -0.25) is 4.79 Å². The number of carbonyl (C=O) groups excluding carboxylic acids is 1. The number of para-hydroxylation sites is 1. The van der Waals surface area contributed by atoms with E-state index >= 15 is 0 Å². The number of rotatable bonds is 7. The number of nitrogens with zero attached hydrogens (tertiary/aromatic N) is 3. The number of nitrogens with one attached hydrogen (secondary N) is 1. The predicted molar refractivity (Wildman–Crippen MR) is 143 cm³/mol. The summed E-state index contributed by atoms with van der Waals surface area (Å²) >= 11 is 0. The van der Waals surface area contributed by atoms with E-state index in [2.05, 4.69) is 30.3 Å². The van der Waals surface area contributed by atoms with Crippen molar-refractivity contribution in [3.63, 3.8) is 0 Å². The molecule has 2 aliphatic rings. The van der Waals surface area contributed by atoms with Gasteiger partial charge in [0.1, 0.15) is 5.82 Å². The Kier molecular flexibility index (Phi) is 6.45. The molecule has 0 bridgehead atoms. The Labute approximate surface area is 213 Å². The quantitative estimate of drug-likeness (QED) is 0.444. The van der Waals surface area contributed by atoms with Gasteiger partial charge in [0.25, 0.3) is 5.91 Å². The van der Waals surface area contributed by atoms with E-state index in [0.717, 1.165) is 54.7 Å². The van der Waals surface area contributed by atoms with Crippen LogP contribution in [0.5, 0.6) is 0 Å². The molecule has 1 unspecified atom stereocenters. The summed E-state index contributed by atoms with van der Waals surface area (Å²) in [4.78, 5) is 15.2. The molecule has 188 valence electrons. The lowest BCUT2D eigenvalue weighted by molar-refractivity contribution is 0.0923. The normalized spacial score (nSPS) is 21.4. The molecule has 36 heavy (non-hydrogen) atoms. The molecule has 5 nitrogen and oxygen atoms in total. The third-order valence-corrected chi connectivity index (χ3v) is 8.25. The molecule has 3 atom stereocenters. The number of anilines is 1. The summed E-state index contributed by atoms with van der Waals surface area (Å²) in [7, 11) is 3.93. The lowest BCUT2D eigenvalue weighted by Gasteiger charge is -2.37. The first kappa shape index (κ1) is 24.3. The van der Waals surface area contributed by atoms with Gasteiger partial charge in [0.05, 0.1) is 23.1 Å². The highest BCUT2D eigenvalue weighted by molar-refractivity contribution is 5.99. The average molecular weight is 487 g/mol. The van der Waals surface area contributed by atoms with Crippen LogP contribution in [0, 0.1) is 17.2 Å². The summed E-state index contributed by atoms with van der Waals surface area (Å²) in [5.74, 6) is 0.240. The number of aromatic nitrogens is 2. The molecule has 1 amide bonds. The topological polar surface area (TPSA) is 50.2 Å². The van der Waals surface area contributed by atoms with Gasteiger partial charge in [-0.1, -0.05) is 31.6 Å². The molecule has 0 aliphatic heterocycles. The zero-order valence-corrected chi connectivity index (χ0v) is 21.6. The highest BCUT2D eigenvalue weighted by atomic mass is 19.1. The monoisotopic (exact) mass is 486 g/mol. The van der Waals surface area contributed by atoms with E-state index in [-0.39, 0.29) is 23.2 Å². The van der Waals surface area contributed by atoms with Crippen molar-refractivity contribution in [1.29, 1.82) is 0 Å². The predicted octanol–water partition coefficient (Wildman–Crippen LogP) is 6.03. The maximum atomic E-state index is 13.4. The van der Waals surface area contributed by atoms with E-state index in [9.17, 15) is 9.18 Å². The van der Waals surface area contributed by atoms with Gasteiger partial charge >= 0.3 is 0 Å². The number of halogens is 1. The SMILES string of the molecule is CCC(C[C@H]1CCC2=Cc3c(cnn3-c3ccc(F)cc3)C[C@@]21C)NC(=O)c1ccccc1N(C)C. The molecule has 0 spiro atoms. The molecule has 2 aliphatic carbocycles. The van der Waals surface area contributed by atoms with Crippen molar-refractivity contribution in [2.75, 3.05) is 19.0 Å². The Morgan fingerprint density at radius 1 is 1.22 bits per heavy atom. The average Bonchev–Trinajstić information content (AvgIpc) is 3.42. The molecular weight excluding hydrogens is 451 g/mol. The van der Waals surface area contributed by atoms with E-state index in [1.165, 1.54) is 23.3 Å². The highest BCUT2D eigenvalue weighted by Crippen LogP contribution is 2.54. The first-order valence-electron chi connectivity index (χ1n) is 12.9. The summed E-state index contributed by atoms with van der Waals surface area (Å²) in [6.07, 6.45) is 9.25. The summed E-state index contributed by atoms with van der Waals surface area (Å²) in [6.45, 7) is 4.53. The van der Waals surface area contributed by atoms with Crippen LogP contribution in [0.15, 0.2) is 60.3 Å². The molecule has 3 aromatic rings. The van der Waals surface area contributed by atoms with Crippen molar-refractivity contribution in [1.82, 2.24) is 15.1 Å². The van der Waals surface area contributed by atoms with E-state index in [1.54, 1.807) is 12.1 Å². The molecular formula is C30H35FN4O. The second-order valence-corrected chi connectivity index (χ2v) is 10.7. The van der Waals surface area contributed by atoms with Crippen LogP contribution >= 0.6 is 0 Å². The van der Waals surface area contributed by atoms with Crippen LogP contribution in [0.4, 0.5) is 10.1 Å². The van der Waals surface area contributed by atoms with Crippen LogP contribution in [0.2, 0.25) is 0 Å². The minimum Gasteiger partial charge on any atom is -0.377 e. The second-order valence-electron chi connectivity index (χ2n) is 10.7. The Balaban J connectivity index is 1.34. The molecule has 1 saturated carbocycles. The van der Waals surface area contributed by atoms with Crippen LogP contribution in [-0.4, -0.2) is 35.8 Å². The highest BCUT2D eigenvalue weighted by Gasteiger charge is 2.46. The molecule has 5 rings (SSSR count). The smallest absolute Gasteiger partial charge is 0.253 e. The number of fused-ring (bicyclic) bond motifs is 2. The number of hydrogen-bond acceptors (Lipinski definition) is 3. The van der Waals surface area contributed by atoms with Crippen molar-refractivity contribution in [3.8, 4) is 5.69 Å². The van der Waals surface area contributed by atoms with Crippen molar-refractivity contribution in [2.45, 2.75) is 52.0 Å². The van der Waals surface area contributed by atoms with Gasteiger partial charge in [-0.05, 0) is 91.5 Å². The van der Waals surface area contributed by atoms with Crippen LogP contribution in [0.25, 0.3) is 11.8 Å². The van der Waals surface area contributed by atoms with Gasteiger partial charge in [0.2, 0.25) is 0 Å². The molecule has 0 radical (unpaired) electrons. The fraction of sp³-hybridized carbons (Fsp3) is 0.400. The van der Waals surface area contributed by atoms with Gasteiger partial charge in [-0.25, -0.2) is 9.07 Å². The van der Waals surface area contributed by atoms with Crippen LogP contribution in [-0.2, 0) is 6.42 Å². The number of amides is 1. The molecule has 6 heteroatoms. The third kappa shape index (κ3) is 4.34. The maximum absolute atomic E-state index is 13.4. The number of hydrogen-bond donors (Lipinski definition) is 1. The number of benzene rings is 2. The lowest BCUT2D eigenvalue weighted by atomic mass is 9.68. The third-order valence-electron chi connectivity index (χ3n) is 8.25. The van der Waals surface area contributed by atoms with Crippen molar-refractivity contribution >= 4 is 17.7 Å². The molecule has 1 fully saturated rings. The number of carbonyl (C=O) groups is 1. The standard InChI is InChI=1S/C30H35FN4O/c1-5-24(33-29(36)26-8-6-7-9-27(26)34(3)4)16-21-10-11-22-17-28-20(18-30(21,22)2)19-32-35(28)25-14-12-23(31)13-15-25/h6-9,12-15,17,19,21,24H,5,10-11,16,18H2,1-4H3,(H,33,36)/t21-,24?,30-/m1/s1. The van der Waals surface area contributed by atoms with E-state index in [0.29, 0.717) is 5.92 Å². The van der Waals surface area contributed by atoms with E-state index < -0.39 is 0 Å². The van der Waals surface area contributed by atoms with Crippen molar-refractivity contribution < 1.29 is 9.18 Å². The van der Waals surface area contributed by atoms with Crippen molar-refractivity contribution in [3.05, 3.63) is 82.9 Å². The van der Waals surface area contributed by atoms with Gasteiger partial charge in [-0.15, -0.1) is 0 Å². The molecule has 1 heterocycles. The summed E-state index contributed by atoms with van der Waals surface area (Å²) in [6, 6.07) is 14.4. The summed E-state index contributed by atoms with van der Waals surface area (Å²) in [5, 5.41) is 7.98. The summed E-state index contributed by atoms with van der Waals surface area (Å²) < 4.78 is 15.4. The zero-order valence-electron chi connectivity index (χ0n) is 21.6. The first-order valence-corrected chi connectivity index (χ1v) is 12.9. The fourth-order valence-corrected chi connectivity index (χ4v) is 6.09. The zero-order chi connectivity index (χ0) is 25.4. The number of allylic oxidation sites excluding steroid dienone is 1. The van der Waals surface area contributed by atoms with Gasteiger partial charge in [0, 0.05) is 25.8 Å². The van der Waals surface area contributed by atoms with Crippen LogP contribution < -0.4 is 10.2 Å². The maximum Gasteiger partial charge on any atom is 0.253 e. The second kappa shape index (κ2) is 9.57. The molecule has 0 saturated heterocycles. The molecule has 1 aromatic heterocycles. The van der Waals surface area contributed by atoms with E-state index in [1.807, 2.05) is 54.1 Å². The van der Waals surface area contributed by atoms with Gasteiger partial charge in [-0.2, -0.15) is 5.10 Å². The Morgan fingerprint density at radius 2 is 1.97 bits per heavy atom. The lowest BCUT2D eigenvalue weighted by Crippen LogP contribution is -2.39. The largest absolute Gasteiger partial charge is 0.377 e.